The fourth-order valence-electron chi connectivity index (χ4n) is 5.57. The van der Waals surface area contributed by atoms with Crippen LogP contribution in [-0.2, 0) is 32.8 Å². The molecule has 236 valence electrons. The quantitative estimate of drug-likeness (QED) is 0.303. The summed E-state index contributed by atoms with van der Waals surface area (Å²) in [6.45, 7) is 3.13. The average molecular weight is 623 g/mol. The minimum Gasteiger partial charge on any atom is -0.352 e. The molecule has 1 unspecified atom stereocenters. The van der Waals surface area contributed by atoms with E-state index in [1.54, 1.807) is 25.1 Å². The van der Waals surface area contributed by atoms with Crippen molar-refractivity contribution in [1.29, 1.82) is 0 Å². The van der Waals surface area contributed by atoms with Gasteiger partial charge < -0.3 is 10.2 Å². The molecular formula is C34H43FN4O4S. The number of amides is 2. The van der Waals surface area contributed by atoms with Crippen LogP contribution < -0.4 is 9.62 Å². The highest BCUT2D eigenvalue weighted by Crippen LogP contribution is 2.27. The second-order valence-corrected chi connectivity index (χ2v) is 13.9. The molecule has 0 spiro atoms. The van der Waals surface area contributed by atoms with Gasteiger partial charge in [-0.2, -0.15) is 12.7 Å². The molecule has 1 atom stereocenters. The minimum atomic E-state index is -4.10. The molecule has 8 nitrogen and oxygen atoms in total. The molecule has 4 rings (SSSR count). The van der Waals surface area contributed by atoms with Crippen LogP contribution in [0, 0.1) is 19.7 Å². The van der Waals surface area contributed by atoms with Crippen LogP contribution in [0.5, 0.6) is 0 Å². The van der Waals surface area contributed by atoms with E-state index in [0.29, 0.717) is 16.8 Å². The van der Waals surface area contributed by atoms with E-state index in [-0.39, 0.29) is 24.9 Å². The Labute approximate surface area is 261 Å². The number of anilines is 1. The Morgan fingerprint density at radius 1 is 0.909 bits per heavy atom. The standard InChI is InChI=1S/C34H43FN4O4S/c1-25-15-16-26(2)31(21-25)39(44(42,43)37(3)4)24-33(40)38(23-28-17-19-29(35)20-18-28)32(22-27-11-7-5-8-12-27)34(41)36-30-13-9-6-10-14-30/h5,7-8,11-12,15-21,30,32H,6,9-10,13-14,22-24H2,1-4H3,(H,36,41). The van der Waals surface area contributed by atoms with Gasteiger partial charge in [-0.25, -0.2) is 8.70 Å². The summed E-state index contributed by atoms with van der Waals surface area (Å²) in [6, 6.07) is 19.7. The highest BCUT2D eigenvalue weighted by molar-refractivity contribution is 7.90. The lowest BCUT2D eigenvalue weighted by Crippen LogP contribution is -2.55. The van der Waals surface area contributed by atoms with Crippen LogP contribution >= 0.6 is 0 Å². The average Bonchev–Trinajstić information content (AvgIpc) is 3.00. The summed E-state index contributed by atoms with van der Waals surface area (Å²) in [7, 11) is -1.26. The highest BCUT2D eigenvalue weighted by Gasteiger charge is 2.36. The van der Waals surface area contributed by atoms with Crippen molar-refractivity contribution in [3.63, 3.8) is 0 Å². The van der Waals surface area contributed by atoms with Gasteiger partial charge in [0.05, 0.1) is 5.69 Å². The van der Waals surface area contributed by atoms with Crippen LogP contribution in [0.1, 0.15) is 54.4 Å². The number of halogens is 1. The number of hydrogen-bond acceptors (Lipinski definition) is 4. The van der Waals surface area contributed by atoms with Crippen LogP contribution in [0.15, 0.2) is 72.8 Å². The number of nitrogens with one attached hydrogen (secondary N) is 1. The second-order valence-electron chi connectivity index (χ2n) is 11.8. The normalized spacial score (nSPS) is 14.7. The molecule has 0 aromatic heterocycles. The topological polar surface area (TPSA) is 90.0 Å². The molecule has 0 heterocycles. The molecule has 10 heteroatoms. The zero-order chi connectivity index (χ0) is 31.9. The van der Waals surface area contributed by atoms with Gasteiger partial charge in [0, 0.05) is 33.1 Å². The molecule has 0 saturated heterocycles. The summed E-state index contributed by atoms with van der Waals surface area (Å²) in [5.74, 6) is -1.24. The fraction of sp³-hybridized carbons (Fsp3) is 0.412. The first-order valence-corrected chi connectivity index (χ1v) is 16.5. The maximum atomic E-state index is 14.4. The van der Waals surface area contributed by atoms with E-state index >= 15 is 0 Å². The SMILES string of the molecule is Cc1ccc(C)c(N(CC(=O)N(Cc2ccc(F)cc2)C(Cc2ccccc2)C(=O)NC2CCCCC2)S(=O)(=O)N(C)C)c1. The van der Waals surface area contributed by atoms with Crippen LogP contribution in [0.4, 0.5) is 10.1 Å². The lowest BCUT2D eigenvalue weighted by atomic mass is 9.94. The van der Waals surface area contributed by atoms with Crippen LogP contribution in [-0.4, -0.2) is 62.2 Å². The van der Waals surface area contributed by atoms with Crippen molar-refractivity contribution in [2.45, 2.75) is 71.0 Å². The third kappa shape index (κ3) is 8.45. The molecule has 1 fully saturated rings. The van der Waals surface area contributed by atoms with Crippen molar-refractivity contribution in [3.05, 3.63) is 101 Å². The number of carbonyl (C=O) groups excluding carboxylic acids is 2. The molecule has 1 aliphatic rings. The van der Waals surface area contributed by atoms with Gasteiger partial charge in [0.25, 0.3) is 0 Å². The Morgan fingerprint density at radius 2 is 1.57 bits per heavy atom. The highest BCUT2D eigenvalue weighted by atomic mass is 32.2. The fourth-order valence-corrected chi connectivity index (χ4v) is 6.69. The van der Waals surface area contributed by atoms with Gasteiger partial charge in [0.15, 0.2) is 0 Å². The number of rotatable bonds is 12. The van der Waals surface area contributed by atoms with Gasteiger partial charge in [-0.05, 0) is 67.1 Å². The summed E-state index contributed by atoms with van der Waals surface area (Å²) in [5.41, 5.74) is 3.40. The van der Waals surface area contributed by atoms with Crippen LogP contribution in [0.3, 0.4) is 0 Å². The Bertz CT molecular complexity index is 1520. The summed E-state index contributed by atoms with van der Waals surface area (Å²) in [6.07, 6.45) is 5.16. The molecular weight excluding hydrogens is 579 g/mol. The Kier molecular flexibility index (Phi) is 11.2. The first-order valence-electron chi connectivity index (χ1n) is 15.1. The molecule has 2 amide bonds. The van der Waals surface area contributed by atoms with E-state index in [1.165, 1.54) is 31.1 Å². The third-order valence-corrected chi connectivity index (χ3v) is 9.95. The molecule has 0 aliphatic heterocycles. The summed E-state index contributed by atoms with van der Waals surface area (Å²) < 4.78 is 43.3. The molecule has 0 bridgehead atoms. The van der Waals surface area contributed by atoms with E-state index < -0.39 is 34.5 Å². The maximum Gasteiger partial charge on any atom is 0.304 e. The van der Waals surface area contributed by atoms with Gasteiger partial charge in [0.1, 0.15) is 18.4 Å². The van der Waals surface area contributed by atoms with Crippen molar-refractivity contribution in [2.24, 2.45) is 0 Å². The molecule has 3 aromatic rings. The summed E-state index contributed by atoms with van der Waals surface area (Å²) in [5, 5.41) is 3.19. The summed E-state index contributed by atoms with van der Waals surface area (Å²) in [4.78, 5) is 29.9. The Balaban J connectivity index is 1.77. The van der Waals surface area contributed by atoms with E-state index in [2.05, 4.69) is 5.32 Å². The van der Waals surface area contributed by atoms with Crippen molar-refractivity contribution in [2.75, 3.05) is 24.9 Å². The van der Waals surface area contributed by atoms with Crippen LogP contribution in [0.25, 0.3) is 0 Å². The van der Waals surface area contributed by atoms with Gasteiger partial charge in [-0.3, -0.25) is 9.59 Å². The van der Waals surface area contributed by atoms with Crippen molar-refractivity contribution in [1.82, 2.24) is 14.5 Å². The van der Waals surface area contributed by atoms with Crippen molar-refractivity contribution >= 4 is 27.7 Å². The van der Waals surface area contributed by atoms with Gasteiger partial charge in [-0.15, -0.1) is 0 Å². The third-order valence-electron chi connectivity index (χ3n) is 8.14. The molecule has 44 heavy (non-hydrogen) atoms. The number of carbonyl (C=O) groups is 2. The first-order chi connectivity index (χ1) is 21.0. The minimum absolute atomic E-state index is 0.00263. The van der Waals surface area contributed by atoms with E-state index in [9.17, 15) is 22.4 Å². The zero-order valence-electron chi connectivity index (χ0n) is 26.0. The lowest BCUT2D eigenvalue weighted by molar-refractivity contribution is -0.140. The Morgan fingerprint density at radius 3 is 2.20 bits per heavy atom. The molecule has 1 saturated carbocycles. The lowest BCUT2D eigenvalue weighted by Gasteiger charge is -2.35. The van der Waals surface area contributed by atoms with E-state index in [0.717, 1.165) is 51.8 Å². The predicted octanol–water partition coefficient (Wildman–Crippen LogP) is 5.14. The molecule has 1 N–H and O–H groups in total. The van der Waals surface area contributed by atoms with Crippen molar-refractivity contribution in [3.8, 4) is 0 Å². The van der Waals surface area contributed by atoms with Gasteiger partial charge in [0.2, 0.25) is 11.8 Å². The van der Waals surface area contributed by atoms with E-state index in [4.69, 9.17) is 0 Å². The molecule has 1 aliphatic carbocycles. The Hall–Kier alpha value is -3.76. The van der Waals surface area contributed by atoms with Gasteiger partial charge >= 0.3 is 10.2 Å². The zero-order valence-corrected chi connectivity index (χ0v) is 26.8. The second kappa shape index (κ2) is 14.8. The number of nitrogens with zero attached hydrogens (tertiary/aromatic N) is 3. The maximum absolute atomic E-state index is 14.4. The summed E-state index contributed by atoms with van der Waals surface area (Å²) >= 11 is 0. The van der Waals surface area contributed by atoms with E-state index in [1.807, 2.05) is 49.4 Å². The molecule has 3 aromatic carbocycles. The van der Waals surface area contributed by atoms with Crippen LogP contribution in [0.2, 0.25) is 0 Å². The predicted molar refractivity (Wildman–Crippen MR) is 172 cm³/mol. The number of hydrogen-bond donors (Lipinski definition) is 1. The van der Waals surface area contributed by atoms with Gasteiger partial charge in [-0.1, -0.05) is 73.9 Å². The first kappa shape index (κ1) is 33.1. The number of aryl methyl sites for hydroxylation is 2. The van der Waals surface area contributed by atoms with Crippen molar-refractivity contribution < 1.29 is 22.4 Å². The number of benzene rings is 3. The smallest absolute Gasteiger partial charge is 0.304 e. The largest absolute Gasteiger partial charge is 0.352 e. The molecule has 0 radical (unpaired) electrons. The monoisotopic (exact) mass is 622 g/mol.